The molecule has 0 amide bonds. The van der Waals surface area contributed by atoms with E-state index >= 15 is 0 Å². The van der Waals surface area contributed by atoms with Crippen LogP contribution in [-0.2, 0) is 11.1 Å². The van der Waals surface area contributed by atoms with E-state index in [0.29, 0.717) is 0 Å². The average Bonchev–Trinajstić information content (AvgIpc) is 2.84. The largest absolute Gasteiger partial charge is 0.353 e. The lowest BCUT2D eigenvalue weighted by molar-refractivity contribution is 0.588. The fraction of sp³-hybridized carbons (Fsp3) is 0.167. The minimum Gasteiger partial charge on any atom is -0.353 e. The van der Waals surface area contributed by atoms with Crippen molar-refractivity contribution in [3.05, 3.63) is 137 Å². The summed E-state index contributed by atoms with van der Waals surface area (Å²) < 4.78 is 0. The SMILES string of the molecule is CC(C)(C)c1ccc2c(c1)C(c1ccccc1)=NC(c1ccccc1)(c1ccccc1)N2. The van der Waals surface area contributed by atoms with Gasteiger partial charge in [0, 0.05) is 27.9 Å². The summed E-state index contributed by atoms with van der Waals surface area (Å²) in [5.41, 5.74) is 7.26. The van der Waals surface area contributed by atoms with Gasteiger partial charge in [0.15, 0.2) is 5.66 Å². The summed E-state index contributed by atoms with van der Waals surface area (Å²) >= 11 is 0. The van der Waals surface area contributed by atoms with Gasteiger partial charge in [0.2, 0.25) is 0 Å². The van der Waals surface area contributed by atoms with E-state index in [-0.39, 0.29) is 5.41 Å². The third-order valence-electron chi connectivity index (χ3n) is 6.17. The zero-order chi connectivity index (χ0) is 22.2. The molecule has 1 heterocycles. The minimum absolute atomic E-state index is 0.0597. The molecule has 0 unspecified atom stereocenters. The second kappa shape index (κ2) is 7.80. The van der Waals surface area contributed by atoms with E-state index in [1.807, 2.05) is 0 Å². The highest BCUT2D eigenvalue weighted by Gasteiger charge is 2.39. The highest BCUT2D eigenvalue weighted by molar-refractivity contribution is 6.17. The van der Waals surface area contributed by atoms with Gasteiger partial charge in [-0.05, 0) is 23.1 Å². The van der Waals surface area contributed by atoms with Gasteiger partial charge in [0.05, 0.1) is 5.71 Å². The van der Waals surface area contributed by atoms with Crippen molar-refractivity contribution in [2.75, 3.05) is 5.32 Å². The Morgan fingerprint density at radius 2 is 1.19 bits per heavy atom. The van der Waals surface area contributed by atoms with Gasteiger partial charge in [-0.15, -0.1) is 0 Å². The molecular formula is C30H28N2. The minimum atomic E-state index is -0.704. The number of fused-ring (bicyclic) bond motifs is 1. The van der Waals surface area contributed by atoms with E-state index in [1.165, 1.54) is 5.56 Å². The zero-order valence-electron chi connectivity index (χ0n) is 18.8. The number of rotatable bonds is 3. The first kappa shape index (κ1) is 20.3. The van der Waals surface area contributed by atoms with Crippen LogP contribution in [0.1, 0.15) is 48.6 Å². The molecule has 1 N–H and O–H groups in total. The van der Waals surface area contributed by atoms with Crippen molar-refractivity contribution in [3.63, 3.8) is 0 Å². The summed E-state index contributed by atoms with van der Waals surface area (Å²) in [6.45, 7) is 6.76. The Morgan fingerprint density at radius 3 is 1.72 bits per heavy atom. The number of hydrogen-bond acceptors (Lipinski definition) is 2. The van der Waals surface area contributed by atoms with Crippen LogP contribution in [0.15, 0.2) is 114 Å². The number of nitrogens with one attached hydrogen (secondary N) is 1. The Hall–Kier alpha value is -3.65. The molecule has 0 aliphatic carbocycles. The van der Waals surface area contributed by atoms with Crippen LogP contribution >= 0.6 is 0 Å². The zero-order valence-corrected chi connectivity index (χ0v) is 18.8. The number of benzene rings is 4. The maximum Gasteiger partial charge on any atom is 0.182 e. The highest BCUT2D eigenvalue weighted by Crippen LogP contribution is 2.42. The van der Waals surface area contributed by atoms with Crippen LogP contribution in [0.3, 0.4) is 0 Å². The Morgan fingerprint density at radius 1 is 0.656 bits per heavy atom. The van der Waals surface area contributed by atoms with Crippen LogP contribution in [0.4, 0.5) is 5.69 Å². The molecule has 32 heavy (non-hydrogen) atoms. The molecule has 158 valence electrons. The van der Waals surface area contributed by atoms with Crippen molar-refractivity contribution in [2.24, 2.45) is 4.99 Å². The number of nitrogens with zero attached hydrogens (tertiary/aromatic N) is 1. The van der Waals surface area contributed by atoms with E-state index < -0.39 is 5.66 Å². The molecule has 0 spiro atoms. The predicted octanol–water partition coefficient (Wildman–Crippen LogP) is 7.15. The van der Waals surface area contributed by atoms with Gasteiger partial charge in [-0.2, -0.15) is 0 Å². The summed E-state index contributed by atoms with van der Waals surface area (Å²) in [6, 6.07) is 38.3. The molecule has 2 heteroatoms. The van der Waals surface area contributed by atoms with E-state index in [2.05, 4.69) is 135 Å². The predicted molar refractivity (Wildman–Crippen MR) is 135 cm³/mol. The number of hydrogen-bond donors (Lipinski definition) is 1. The lowest BCUT2D eigenvalue weighted by Crippen LogP contribution is -2.39. The van der Waals surface area contributed by atoms with Crippen molar-refractivity contribution >= 4 is 11.4 Å². The van der Waals surface area contributed by atoms with Crippen LogP contribution in [0, 0.1) is 0 Å². The van der Waals surface area contributed by atoms with Crippen LogP contribution in [0.2, 0.25) is 0 Å². The standard InChI is InChI=1S/C30H28N2/c1-29(2,3)25-19-20-27-26(21-25)28(22-13-7-4-8-14-22)32-30(31-27,23-15-9-5-10-16-23)24-17-11-6-12-18-24/h4-21,31H,1-3H3. The normalized spacial score (nSPS) is 14.8. The third kappa shape index (κ3) is 3.52. The van der Waals surface area contributed by atoms with E-state index in [0.717, 1.165) is 33.7 Å². The number of aliphatic imine (C=N–C) groups is 1. The van der Waals surface area contributed by atoms with Gasteiger partial charge in [-0.25, -0.2) is 4.99 Å². The molecule has 2 nitrogen and oxygen atoms in total. The molecule has 0 bridgehead atoms. The summed E-state index contributed by atoms with van der Waals surface area (Å²) in [5.74, 6) is 0. The van der Waals surface area contributed by atoms with Gasteiger partial charge in [-0.3, -0.25) is 0 Å². The first-order valence-electron chi connectivity index (χ1n) is 11.2. The van der Waals surface area contributed by atoms with E-state index in [4.69, 9.17) is 4.99 Å². The fourth-order valence-corrected chi connectivity index (χ4v) is 4.38. The summed E-state index contributed by atoms with van der Waals surface area (Å²) in [7, 11) is 0. The molecule has 0 radical (unpaired) electrons. The van der Waals surface area contributed by atoms with Gasteiger partial charge in [-0.1, -0.05) is 118 Å². The molecule has 5 rings (SSSR count). The lowest BCUT2D eigenvalue weighted by atomic mass is 9.82. The Bertz CT molecular complexity index is 1210. The first-order chi connectivity index (χ1) is 15.5. The molecular weight excluding hydrogens is 388 g/mol. The lowest BCUT2D eigenvalue weighted by Gasteiger charge is -2.39. The quantitative estimate of drug-likeness (QED) is 0.377. The Kier molecular flexibility index (Phi) is 4.94. The van der Waals surface area contributed by atoms with Gasteiger partial charge >= 0.3 is 0 Å². The second-order valence-electron chi connectivity index (χ2n) is 9.40. The maximum absolute atomic E-state index is 5.49. The molecule has 0 saturated carbocycles. The van der Waals surface area contributed by atoms with Crippen LogP contribution in [-0.4, -0.2) is 5.71 Å². The van der Waals surface area contributed by atoms with Crippen molar-refractivity contribution in [1.82, 2.24) is 0 Å². The number of anilines is 1. The highest BCUT2D eigenvalue weighted by atomic mass is 15.2. The monoisotopic (exact) mass is 416 g/mol. The molecule has 4 aromatic carbocycles. The average molecular weight is 417 g/mol. The first-order valence-corrected chi connectivity index (χ1v) is 11.2. The topological polar surface area (TPSA) is 24.4 Å². The second-order valence-corrected chi connectivity index (χ2v) is 9.40. The van der Waals surface area contributed by atoms with Crippen molar-refractivity contribution in [1.29, 1.82) is 0 Å². The van der Waals surface area contributed by atoms with Gasteiger partial charge < -0.3 is 5.32 Å². The Labute approximate surface area is 190 Å². The molecule has 4 aromatic rings. The van der Waals surface area contributed by atoms with E-state index in [9.17, 15) is 0 Å². The smallest absolute Gasteiger partial charge is 0.182 e. The summed E-state index contributed by atoms with van der Waals surface area (Å²) in [4.78, 5) is 5.49. The van der Waals surface area contributed by atoms with E-state index in [1.54, 1.807) is 0 Å². The molecule has 1 aliphatic rings. The van der Waals surface area contributed by atoms with Crippen molar-refractivity contribution in [2.45, 2.75) is 31.8 Å². The van der Waals surface area contributed by atoms with Crippen molar-refractivity contribution in [3.8, 4) is 0 Å². The molecule has 0 aromatic heterocycles. The van der Waals surface area contributed by atoms with Gasteiger partial charge in [0.25, 0.3) is 0 Å². The molecule has 0 saturated heterocycles. The molecule has 0 fully saturated rings. The van der Waals surface area contributed by atoms with Crippen molar-refractivity contribution < 1.29 is 0 Å². The fourth-order valence-electron chi connectivity index (χ4n) is 4.38. The Balaban J connectivity index is 1.82. The summed E-state index contributed by atoms with van der Waals surface area (Å²) in [5, 5.41) is 3.83. The molecule has 1 aliphatic heterocycles. The van der Waals surface area contributed by atoms with Crippen LogP contribution < -0.4 is 5.32 Å². The molecule has 0 atom stereocenters. The third-order valence-corrected chi connectivity index (χ3v) is 6.17. The van der Waals surface area contributed by atoms with Crippen LogP contribution in [0.5, 0.6) is 0 Å². The van der Waals surface area contributed by atoms with Gasteiger partial charge in [0.1, 0.15) is 0 Å². The summed E-state index contributed by atoms with van der Waals surface area (Å²) in [6.07, 6.45) is 0. The van der Waals surface area contributed by atoms with Crippen LogP contribution in [0.25, 0.3) is 0 Å². The maximum atomic E-state index is 5.49.